The van der Waals surface area contributed by atoms with Crippen LogP contribution in [0.1, 0.15) is 6.42 Å². The maximum atomic E-state index is 13.2. The van der Waals surface area contributed by atoms with Crippen LogP contribution in [0.5, 0.6) is 0 Å². The summed E-state index contributed by atoms with van der Waals surface area (Å²) in [4.78, 5) is 0. The van der Waals surface area contributed by atoms with Gasteiger partial charge in [0.2, 0.25) is 0 Å². The zero-order valence-electron chi connectivity index (χ0n) is 13.1. The van der Waals surface area contributed by atoms with Gasteiger partial charge in [0, 0.05) is 6.42 Å². The number of rotatable bonds is 8. The standard InChI is InChI=1S/C11H4F19/c1-2-3(12,13)4(14,15)5(16,17)6(18,19)7(20,21)8(22,23)9(24,25)10(26,27)11(28,29)30/h1-2H2. The first-order valence-electron chi connectivity index (χ1n) is 6.44. The summed E-state index contributed by atoms with van der Waals surface area (Å²) < 4.78 is 243. The van der Waals surface area contributed by atoms with E-state index in [4.69, 9.17) is 0 Å². The Bertz CT molecular complexity index is 623. The van der Waals surface area contributed by atoms with Gasteiger partial charge >= 0.3 is 53.6 Å². The van der Waals surface area contributed by atoms with Gasteiger partial charge in [0.25, 0.3) is 0 Å². The van der Waals surface area contributed by atoms with Crippen molar-refractivity contribution in [3.05, 3.63) is 6.92 Å². The molecule has 0 fully saturated rings. The van der Waals surface area contributed by atoms with Crippen molar-refractivity contribution < 1.29 is 83.4 Å². The van der Waals surface area contributed by atoms with E-state index in [-0.39, 0.29) is 0 Å². The van der Waals surface area contributed by atoms with Gasteiger partial charge in [-0.3, -0.25) is 0 Å². The smallest absolute Gasteiger partial charge is 0.200 e. The Morgan fingerprint density at radius 1 is 0.333 bits per heavy atom. The molecule has 1 radical (unpaired) electrons. The molecular weight excluding hydrogens is 493 g/mol. The van der Waals surface area contributed by atoms with Gasteiger partial charge in [-0.15, -0.1) is 0 Å². The lowest BCUT2D eigenvalue weighted by molar-refractivity contribution is -0.468. The van der Waals surface area contributed by atoms with Gasteiger partial charge in [0.15, 0.2) is 0 Å². The van der Waals surface area contributed by atoms with E-state index < -0.39 is 60.0 Å². The fourth-order valence-electron chi connectivity index (χ4n) is 1.55. The van der Waals surface area contributed by atoms with E-state index in [0.717, 1.165) is 0 Å². The summed E-state index contributed by atoms with van der Waals surface area (Å²) in [6.07, 6.45) is -10.7. The van der Waals surface area contributed by atoms with Crippen LogP contribution < -0.4 is 0 Å². The van der Waals surface area contributed by atoms with Gasteiger partial charge < -0.3 is 0 Å². The summed E-state index contributed by atoms with van der Waals surface area (Å²) in [6.45, 7) is 1.84. The fourth-order valence-corrected chi connectivity index (χ4v) is 1.55. The van der Waals surface area contributed by atoms with Crippen molar-refractivity contribution in [1.29, 1.82) is 0 Å². The Morgan fingerprint density at radius 3 is 0.733 bits per heavy atom. The van der Waals surface area contributed by atoms with Crippen molar-refractivity contribution >= 4 is 0 Å². The minimum Gasteiger partial charge on any atom is -0.200 e. The SMILES string of the molecule is [CH2]CC(F)(F)C(F)(F)C(F)(F)C(F)(F)C(F)(F)C(F)(F)C(F)(F)C(F)(F)C(F)(F)F. The fraction of sp³-hybridized carbons (Fsp3) is 0.909. The van der Waals surface area contributed by atoms with Crippen molar-refractivity contribution in [3.8, 4) is 0 Å². The zero-order chi connectivity index (χ0) is 25.2. The lowest BCUT2D eigenvalue weighted by Crippen LogP contribution is -2.75. The van der Waals surface area contributed by atoms with Crippen LogP contribution in [-0.4, -0.2) is 53.6 Å². The highest BCUT2D eigenvalue weighted by Gasteiger charge is 2.96. The predicted octanol–water partition coefficient (Wildman–Crippen LogP) is 6.86. The van der Waals surface area contributed by atoms with Crippen LogP contribution in [0.3, 0.4) is 0 Å². The van der Waals surface area contributed by atoms with Gasteiger partial charge in [0.05, 0.1) is 0 Å². The van der Waals surface area contributed by atoms with Gasteiger partial charge in [0.1, 0.15) is 0 Å². The van der Waals surface area contributed by atoms with E-state index in [1.54, 1.807) is 0 Å². The Labute approximate surface area is 152 Å². The molecule has 0 aliphatic rings. The van der Waals surface area contributed by atoms with Crippen molar-refractivity contribution in [2.75, 3.05) is 0 Å². The largest absolute Gasteiger partial charge is 0.460 e. The quantitative estimate of drug-likeness (QED) is 0.322. The Morgan fingerprint density at radius 2 is 0.533 bits per heavy atom. The second-order valence-corrected chi connectivity index (χ2v) is 5.47. The topological polar surface area (TPSA) is 0 Å². The lowest BCUT2D eigenvalue weighted by Gasteiger charge is -2.43. The maximum Gasteiger partial charge on any atom is 0.460 e. The average Bonchev–Trinajstić information content (AvgIpc) is 2.52. The highest BCUT2D eigenvalue weighted by molar-refractivity contribution is 5.16. The number of halogens is 19. The van der Waals surface area contributed by atoms with E-state index in [1.807, 2.05) is 6.92 Å². The van der Waals surface area contributed by atoms with Crippen LogP contribution in [0.15, 0.2) is 0 Å². The van der Waals surface area contributed by atoms with Crippen LogP contribution >= 0.6 is 0 Å². The van der Waals surface area contributed by atoms with Crippen molar-refractivity contribution in [3.63, 3.8) is 0 Å². The van der Waals surface area contributed by atoms with Crippen LogP contribution in [0, 0.1) is 6.92 Å². The molecule has 0 saturated carbocycles. The third-order valence-electron chi connectivity index (χ3n) is 3.50. The molecule has 0 atom stereocenters. The molecule has 0 aromatic carbocycles. The first-order chi connectivity index (χ1) is 12.6. The first-order valence-corrected chi connectivity index (χ1v) is 6.44. The molecule has 0 saturated heterocycles. The molecule has 0 unspecified atom stereocenters. The molecule has 0 heterocycles. The molecule has 0 aromatic rings. The second-order valence-electron chi connectivity index (χ2n) is 5.47. The van der Waals surface area contributed by atoms with Crippen molar-refractivity contribution in [2.24, 2.45) is 0 Å². The number of hydrogen-bond donors (Lipinski definition) is 0. The maximum absolute atomic E-state index is 13.2. The summed E-state index contributed by atoms with van der Waals surface area (Å²) in [7, 11) is 0. The molecule has 0 amide bonds. The molecule has 30 heavy (non-hydrogen) atoms. The molecule has 0 rings (SSSR count). The van der Waals surface area contributed by atoms with Crippen LogP contribution in [0.2, 0.25) is 0 Å². The van der Waals surface area contributed by atoms with E-state index in [9.17, 15) is 83.4 Å². The predicted molar refractivity (Wildman–Crippen MR) is 55.6 cm³/mol. The van der Waals surface area contributed by atoms with Gasteiger partial charge in [-0.2, -0.15) is 83.4 Å². The Balaban J connectivity index is 6.85. The summed E-state index contributed by atoms with van der Waals surface area (Å²) in [5, 5.41) is 0. The van der Waals surface area contributed by atoms with Crippen molar-refractivity contribution in [1.82, 2.24) is 0 Å². The van der Waals surface area contributed by atoms with Crippen LogP contribution in [0.25, 0.3) is 0 Å². The molecule has 0 aliphatic carbocycles. The Kier molecular flexibility index (Phi) is 6.53. The molecule has 0 N–H and O–H groups in total. The molecule has 181 valence electrons. The molecule has 0 aromatic heterocycles. The minimum atomic E-state index is -8.87. The van der Waals surface area contributed by atoms with Crippen LogP contribution in [0.4, 0.5) is 83.4 Å². The average molecular weight is 497 g/mol. The summed E-state index contributed by atoms with van der Waals surface area (Å²) in [5.41, 5.74) is 0. The molecule has 0 nitrogen and oxygen atoms in total. The molecule has 19 heteroatoms. The van der Waals surface area contributed by atoms with E-state index >= 15 is 0 Å². The second kappa shape index (κ2) is 6.83. The third kappa shape index (κ3) is 3.24. The van der Waals surface area contributed by atoms with Gasteiger partial charge in [-0.1, -0.05) is 0 Å². The first kappa shape index (κ1) is 28.7. The third-order valence-corrected chi connectivity index (χ3v) is 3.50. The Hall–Kier alpha value is -1.33. The molecule has 0 aliphatic heterocycles. The van der Waals surface area contributed by atoms with Gasteiger partial charge in [-0.25, -0.2) is 0 Å². The molecule has 0 bridgehead atoms. The normalized spacial score (nSPS) is 16.8. The summed E-state index contributed by atoms with van der Waals surface area (Å²) in [6, 6.07) is 0. The van der Waals surface area contributed by atoms with E-state index in [0.29, 0.717) is 0 Å². The monoisotopic (exact) mass is 497 g/mol. The number of hydrogen-bond acceptors (Lipinski definition) is 0. The summed E-state index contributed by atoms with van der Waals surface area (Å²) >= 11 is 0. The highest BCUT2D eigenvalue weighted by Crippen LogP contribution is 2.65. The molecule has 0 spiro atoms. The zero-order valence-corrected chi connectivity index (χ0v) is 13.1. The van der Waals surface area contributed by atoms with Crippen molar-refractivity contribution in [2.45, 2.75) is 60.0 Å². The highest BCUT2D eigenvalue weighted by atomic mass is 19.4. The van der Waals surface area contributed by atoms with E-state index in [2.05, 4.69) is 0 Å². The van der Waals surface area contributed by atoms with E-state index in [1.165, 1.54) is 0 Å². The van der Waals surface area contributed by atoms with Crippen LogP contribution in [-0.2, 0) is 0 Å². The molecular formula is C11H4F19. The summed E-state index contributed by atoms with van der Waals surface area (Å²) in [5.74, 6) is -66.1. The lowest BCUT2D eigenvalue weighted by atomic mass is 9.87. The minimum absolute atomic E-state index is 1.84. The van der Waals surface area contributed by atoms with Gasteiger partial charge in [-0.05, 0) is 6.92 Å². The number of alkyl halides is 19.